The minimum Gasteiger partial charge on any atom is -1.00 e. The zero-order valence-electron chi connectivity index (χ0n) is 17.2. The van der Waals surface area contributed by atoms with Crippen LogP contribution in [-0.2, 0) is 9.47 Å². The van der Waals surface area contributed by atoms with E-state index in [1.807, 2.05) is 6.92 Å². The molecule has 158 valence electrons. The summed E-state index contributed by atoms with van der Waals surface area (Å²) in [6.45, 7) is 13.1. The minimum atomic E-state index is -0.484. The average molecular weight is 404 g/mol. The highest BCUT2D eigenvalue weighted by atomic mass is 35.5. The molecule has 0 aromatic heterocycles. The Balaban J connectivity index is 0.00000261. The zero-order chi connectivity index (χ0) is 18.9. The number of β-amino-alcohol motifs (C(OH)–C–C–N with tert-alkyl or cyclic N) is 1. The molecule has 3 rings (SSSR count). The van der Waals surface area contributed by atoms with Crippen molar-refractivity contribution in [2.45, 2.75) is 59.2 Å². The molecular weight excluding hydrogens is 368 g/mol. The van der Waals surface area contributed by atoms with Gasteiger partial charge < -0.3 is 31.9 Å². The lowest BCUT2D eigenvalue weighted by Crippen LogP contribution is -3.00. The molecule has 3 fully saturated rings. The van der Waals surface area contributed by atoms with E-state index in [0.717, 1.165) is 19.0 Å². The van der Waals surface area contributed by atoms with Crippen LogP contribution in [0.5, 0.6) is 0 Å². The summed E-state index contributed by atoms with van der Waals surface area (Å²) >= 11 is 0. The SMILES string of the molecule is CCOC(=O)N1CCN(CC(O)COC2C3(C)CCC(C3)C2(C)C)CC1.[Cl-]. The van der Waals surface area contributed by atoms with E-state index < -0.39 is 6.10 Å². The first-order valence-electron chi connectivity index (χ1n) is 10.2. The van der Waals surface area contributed by atoms with Crippen LogP contribution in [0, 0.1) is 16.7 Å². The number of ether oxygens (including phenoxy) is 2. The van der Waals surface area contributed by atoms with Crippen LogP contribution >= 0.6 is 0 Å². The molecule has 1 heterocycles. The van der Waals surface area contributed by atoms with Gasteiger partial charge in [0.25, 0.3) is 0 Å². The number of amides is 1. The third-order valence-electron chi connectivity index (χ3n) is 6.96. The van der Waals surface area contributed by atoms with Crippen molar-refractivity contribution >= 4 is 6.09 Å². The van der Waals surface area contributed by atoms with Crippen LogP contribution in [0.25, 0.3) is 0 Å². The van der Waals surface area contributed by atoms with Gasteiger partial charge in [-0.05, 0) is 42.9 Å². The molecule has 7 heteroatoms. The number of piperazine rings is 1. The van der Waals surface area contributed by atoms with Gasteiger partial charge in [-0.15, -0.1) is 0 Å². The monoisotopic (exact) mass is 403 g/mol. The van der Waals surface area contributed by atoms with Crippen molar-refractivity contribution in [3.63, 3.8) is 0 Å². The van der Waals surface area contributed by atoms with Crippen LogP contribution in [-0.4, -0.2) is 79.1 Å². The quantitative estimate of drug-likeness (QED) is 0.639. The molecule has 1 saturated heterocycles. The summed E-state index contributed by atoms with van der Waals surface area (Å²) in [6, 6.07) is 0. The molecule has 1 amide bonds. The Bertz CT molecular complexity index is 505. The molecule has 6 nitrogen and oxygen atoms in total. The summed E-state index contributed by atoms with van der Waals surface area (Å²) in [5.74, 6) is 0.755. The molecule has 4 unspecified atom stereocenters. The molecule has 1 aliphatic heterocycles. The van der Waals surface area contributed by atoms with Gasteiger partial charge in [-0.25, -0.2) is 4.79 Å². The second-order valence-electron chi connectivity index (χ2n) is 9.27. The Morgan fingerprint density at radius 2 is 1.89 bits per heavy atom. The van der Waals surface area contributed by atoms with Gasteiger partial charge in [-0.3, -0.25) is 4.90 Å². The number of nitrogens with zero attached hydrogens (tertiary/aromatic N) is 2. The van der Waals surface area contributed by atoms with Gasteiger partial charge in [0.2, 0.25) is 0 Å². The maximum absolute atomic E-state index is 11.7. The van der Waals surface area contributed by atoms with Gasteiger partial charge in [0.1, 0.15) is 0 Å². The first kappa shape index (κ1) is 22.7. The Hall–Kier alpha value is -0.560. The fourth-order valence-corrected chi connectivity index (χ4v) is 5.56. The Labute approximate surface area is 170 Å². The lowest BCUT2D eigenvalue weighted by Gasteiger charge is -2.43. The van der Waals surface area contributed by atoms with Crippen LogP contribution in [0.1, 0.15) is 47.0 Å². The van der Waals surface area contributed by atoms with Crippen molar-refractivity contribution in [3.8, 4) is 0 Å². The van der Waals surface area contributed by atoms with Crippen molar-refractivity contribution in [1.82, 2.24) is 9.80 Å². The van der Waals surface area contributed by atoms with Crippen LogP contribution in [0.15, 0.2) is 0 Å². The fraction of sp³-hybridized carbons (Fsp3) is 0.950. The summed E-state index contributed by atoms with van der Waals surface area (Å²) in [7, 11) is 0. The molecule has 3 aliphatic rings. The average Bonchev–Trinajstić information content (AvgIpc) is 3.06. The van der Waals surface area contributed by atoms with Crippen LogP contribution in [0.4, 0.5) is 4.79 Å². The van der Waals surface area contributed by atoms with Gasteiger partial charge in [-0.2, -0.15) is 0 Å². The van der Waals surface area contributed by atoms with Crippen molar-refractivity contribution in [3.05, 3.63) is 0 Å². The van der Waals surface area contributed by atoms with Crippen molar-refractivity contribution < 1.29 is 31.8 Å². The number of aliphatic hydroxyl groups is 1. The molecule has 4 atom stereocenters. The first-order valence-corrected chi connectivity index (χ1v) is 10.2. The number of hydrogen-bond donors (Lipinski definition) is 1. The number of hydrogen-bond acceptors (Lipinski definition) is 5. The number of fused-ring (bicyclic) bond motifs is 2. The van der Waals surface area contributed by atoms with E-state index >= 15 is 0 Å². The lowest BCUT2D eigenvalue weighted by molar-refractivity contribution is -0.114. The lowest BCUT2D eigenvalue weighted by atomic mass is 9.70. The third kappa shape index (κ3) is 4.72. The second kappa shape index (κ2) is 8.85. The maximum atomic E-state index is 11.7. The van der Waals surface area contributed by atoms with Gasteiger partial charge in [-0.1, -0.05) is 20.8 Å². The highest BCUT2D eigenvalue weighted by Crippen LogP contribution is 2.63. The van der Waals surface area contributed by atoms with E-state index in [1.165, 1.54) is 19.3 Å². The summed E-state index contributed by atoms with van der Waals surface area (Å²) in [6.07, 6.45) is 3.35. The molecule has 0 aromatic rings. The summed E-state index contributed by atoms with van der Waals surface area (Å²) in [4.78, 5) is 15.7. The van der Waals surface area contributed by atoms with E-state index in [4.69, 9.17) is 9.47 Å². The standard InChI is InChI=1S/C20H36N2O4.ClH/c1-5-25-18(24)22-10-8-21(9-11-22)13-16(23)14-26-17-19(2,3)15-6-7-20(17,4)12-15;/h15-17,23H,5-14H2,1-4H3;1H/p-1. The third-order valence-corrected chi connectivity index (χ3v) is 6.96. The second-order valence-corrected chi connectivity index (χ2v) is 9.27. The molecule has 2 bridgehead atoms. The van der Waals surface area contributed by atoms with Crippen molar-refractivity contribution in [1.29, 1.82) is 0 Å². The zero-order valence-corrected chi connectivity index (χ0v) is 18.0. The van der Waals surface area contributed by atoms with Crippen molar-refractivity contribution in [2.75, 3.05) is 45.9 Å². The molecule has 27 heavy (non-hydrogen) atoms. The number of halogens is 1. The largest absolute Gasteiger partial charge is 1.00 e. The summed E-state index contributed by atoms with van der Waals surface area (Å²) < 4.78 is 11.3. The molecule has 2 saturated carbocycles. The molecular formula is C20H36ClN2O4-. The summed E-state index contributed by atoms with van der Waals surface area (Å²) in [5.41, 5.74) is 0.483. The topological polar surface area (TPSA) is 62.2 Å². The molecule has 0 aromatic carbocycles. The molecule has 2 aliphatic carbocycles. The van der Waals surface area contributed by atoms with Gasteiger partial charge in [0.05, 0.1) is 25.4 Å². The van der Waals surface area contributed by atoms with Gasteiger partial charge >= 0.3 is 6.09 Å². The van der Waals surface area contributed by atoms with Crippen LogP contribution < -0.4 is 12.4 Å². The Kier molecular flexibility index (Phi) is 7.45. The Morgan fingerprint density at radius 1 is 1.22 bits per heavy atom. The molecule has 0 radical (unpaired) electrons. The van der Waals surface area contributed by atoms with E-state index in [-0.39, 0.29) is 35.4 Å². The predicted molar refractivity (Wildman–Crippen MR) is 100 cm³/mol. The van der Waals surface area contributed by atoms with Crippen LogP contribution in [0.3, 0.4) is 0 Å². The number of rotatable bonds is 6. The van der Waals surface area contributed by atoms with E-state index in [9.17, 15) is 9.90 Å². The number of carbonyl (C=O) groups is 1. The Morgan fingerprint density at radius 3 is 2.44 bits per heavy atom. The smallest absolute Gasteiger partial charge is 0.409 e. The van der Waals surface area contributed by atoms with E-state index in [0.29, 0.717) is 32.8 Å². The van der Waals surface area contributed by atoms with E-state index in [2.05, 4.69) is 25.7 Å². The summed E-state index contributed by atoms with van der Waals surface area (Å²) in [5, 5.41) is 10.5. The highest BCUT2D eigenvalue weighted by molar-refractivity contribution is 5.67. The normalized spacial score (nSPS) is 33.6. The number of aliphatic hydroxyl groups excluding tert-OH is 1. The first-order chi connectivity index (χ1) is 12.3. The fourth-order valence-electron chi connectivity index (χ4n) is 5.56. The minimum absolute atomic E-state index is 0. The predicted octanol–water partition coefficient (Wildman–Crippen LogP) is -0.643. The molecule has 0 spiro atoms. The van der Waals surface area contributed by atoms with Gasteiger partial charge in [0.15, 0.2) is 0 Å². The maximum Gasteiger partial charge on any atom is 0.409 e. The van der Waals surface area contributed by atoms with Crippen LogP contribution in [0.2, 0.25) is 0 Å². The van der Waals surface area contributed by atoms with Crippen molar-refractivity contribution in [2.24, 2.45) is 16.7 Å². The van der Waals surface area contributed by atoms with Gasteiger partial charge in [0, 0.05) is 32.7 Å². The number of carbonyl (C=O) groups excluding carboxylic acids is 1. The van der Waals surface area contributed by atoms with E-state index in [1.54, 1.807) is 4.90 Å². The highest BCUT2D eigenvalue weighted by Gasteiger charge is 2.60. The molecule has 1 N–H and O–H groups in total.